The summed E-state index contributed by atoms with van der Waals surface area (Å²) >= 11 is 0. The van der Waals surface area contributed by atoms with Crippen LogP contribution >= 0.6 is 0 Å². The van der Waals surface area contributed by atoms with Crippen LogP contribution in [-0.4, -0.2) is 20.8 Å². The van der Waals surface area contributed by atoms with E-state index in [0.717, 1.165) is 11.3 Å². The van der Waals surface area contributed by atoms with Crippen molar-refractivity contribution < 1.29 is 4.79 Å². The predicted molar refractivity (Wildman–Crippen MR) is 66.5 cm³/mol. The van der Waals surface area contributed by atoms with Crippen LogP contribution in [0.1, 0.15) is 21.6 Å². The Labute approximate surface area is 104 Å². The van der Waals surface area contributed by atoms with Gasteiger partial charge in [-0.25, -0.2) is 9.97 Å². The molecule has 18 heavy (non-hydrogen) atoms. The van der Waals surface area contributed by atoms with Gasteiger partial charge in [-0.1, -0.05) is 18.2 Å². The van der Waals surface area contributed by atoms with Crippen molar-refractivity contribution in [3.63, 3.8) is 0 Å². The Bertz CT molecular complexity index is 597. The van der Waals surface area contributed by atoms with Gasteiger partial charge in [0.05, 0.1) is 12.2 Å². The highest BCUT2D eigenvalue weighted by Crippen LogP contribution is 2.22. The molecule has 3 rings (SSSR count). The van der Waals surface area contributed by atoms with E-state index in [-0.39, 0.29) is 11.9 Å². The molecule has 1 aromatic heterocycles. The molecule has 1 aliphatic heterocycles. The summed E-state index contributed by atoms with van der Waals surface area (Å²) in [6.07, 6.45) is 1.69. The van der Waals surface area contributed by atoms with Crippen molar-refractivity contribution in [2.75, 3.05) is 5.73 Å². The molecule has 1 amide bonds. The van der Waals surface area contributed by atoms with Crippen molar-refractivity contribution in [2.45, 2.75) is 13.1 Å². The normalized spacial score (nSPS) is 13.4. The number of hydrogen-bond donors (Lipinski definition) is 1. The van der Waals surface area contributed by atoms with Gasteiger partial charge in [0.25, 0.3) is 5.91 Å². The molecule has 5 nitrogen and oxygen atoms in total. The molecule has 0 fully saturated rings. The average molecular weight is 240 g/mol. The van der Waals surface area contributed by atoms with Crippen LogP contribution in [-0.2, 0) is 13.1 Å². The van der Waals surface area contributed by atoms with Crippen LogP contribution < -0.4 is 5.73 Å². The number of benzene rings is 1. The second kappa shape index (κ2) is 4.10. The van der Waals surface area contributed by atoms with E-state index in [1.807, 2.05) is 30.3 Å². The molecule has 0 atom stereocenters. The van der Waals surface area contributed by atoms with E-state index < -0.39 is 0 Å². The summed E-state index contributed by atoms with van der Waals surface area (Å²) in [6.45, 7) is 1.04. The van der Waals surface area contributed by atoms with Crippen molar-refractivity contribution in [2.24, 2.45) is 0 Å². The third kappa shape index (κ3) is 1.79. The lowest BCUT2D eigenvalue weighted by Crippen LogP contribution is -2.25. The Hall–Kier alpha value is -2.43. The van der Waals surface area contributed by atoms with Crippen LogP contribution in [0.4, 0.5) is 5.95 Å². The second-order valence-corrected chi connectivity index (χ2v) is 4.23. The van der Waals surface area contributed by atoms with Gasteiger partial charge in [0.1, 0.15) is 0 Å². The van der Waals surface area contributed by atoms with E-state index in [1.54, 1.807) is 11.1 Å². The summed E-state index contributed by atoms with van der Waals surface area (Å²) in [6, 6.07) is 9.22. The molecule has 2 aromatic rings. The largest absolute Gasteiger partial charge is 0.368 e. The lowest BCUT2D eigenvalue weighted by molar-refractivity contribution is 0.0750. The first kappa shape index (κ1) is 10.7. The van der Waals surface area contributed by atoms with Crippen LogP contribution in [0.2, 0.25) is 0 Å². The topological polar surface area (TPSA) is 72.1 Å². The third-order valence-electron chi connectivity index (χ3n) is 2.98. The highest BCUT2D eigenvalue weighted by molar-refractivity contribution is 5.94. The van der Waals surface area contributed by atoms with Crippen LogP contribution in [0.25, 0.3) is 0 Å². The lowest BCUT2D eigenvalue weighted by atomic mass is 10.2. The number of amides is 1. The molecule has 0 saturated heterocycles. The van der Waals surface area contributed by atoms with Crippen LogP contribution in [0.15, 0.2) is 36.5 Å². The smallest absolute Gasteiger partial charge is 0.254 e. The van der Waals surface area contributed by atoms with Crippen molar-refractivity contribution in [1.82, 2.24) is 14.9 Å². The summed E-state index contributed by atoms with van der Waals surface area (Å²) < 4.78 is 0. The van der Waals surface area contributed by atoms with E-state index in [2.05, 4.69) is 9.97 Å². The van der Waals surface area contributed by atoms with Gasteiger partial charge < -0.3 is 10.6 Å². The Kier molecular flexibility index (Phi) is 2.44. The van der Waals surface area contributed by atoms with Gasteiger partial charge in [-0.3, -0.25) is 4.79 Å². The quantitative estimate of drug-likeness (QED) is 0.813. The molecular weight excluding hydrogens is 228 g/mol. The number of nitrogen functional groups attached to an aromatic ring is 1. The molecule has 0 saturated carbocycles. The zero-order valence-electron chi connectivity index (χ0n) is 9.71. The van der Waals surface area contributed by atoms with Gasteiger partial charge in [0.2, 0.25) is 5.95 Å². The fourth-order valence-corrected chi connectivity index (χ4v) is 2.08. The molecule has 2 heterocycles. The number of rotatable bonds is 1. The first-order valence-electron chi connectivity index (χ1n) is 5.68. The van der Waals surface area contributed by atoms with Crippen molar-refractivity contribution in [3.8, 4) is 0 Å². The SMILES string of the molecule is Nc1ncc2c(n1)CN(C(=O)c1ccccc1)C2. The Balaban J connectivity index is 1.84. The molecule has 0 spiro atoms. The highest BCUT2D eigenvalue weighted by Gasteiger charge is 2.25. The maximum atomic E-state index is 12.2. The van der Waals surface area contributed by atoms with Crippen molar-refractivity contribution in [3.05, 3.63) is 53.3 Å². The monoisotopic (exact) mass is 240 g/mol. The minimum absolute atomic E-state index is 0.00664. The summed E-state index contributed by atoms with van der Waals surface area (Å²) in [4.78, 5) is 22.1. The maximum Gasteiger partial charge on any atom is 0.254 e. The molecule has 0 aliphatic carbocycles. The molecule has 0 radical (unpaired) electrons. The second-order valence-electron chi connectivity index (χ2n) is 4.23. The average Bonchev–Trinajstić information content (AvgIpc) is 2.81. The van der Waals surface area contributed by atoms with Gasteiger partial charge in [0.15, 0.2) is 0 Å². The number of hydrogen-bond acceptors (Lipinski definition) is 4. The number of aromatic nitrogens is 2. The van der Waals surface area contributed by atoms with E-state index >= 15 is 0 Å². The Morgan fingerprint density at radius 3 is 2.78 bits per heavy atom. The molecule has 2 N–H and O–H groups in total. The van der Waals surface area contributed by atoms with Gasteiger partial charge >= 0.3 is 0 Å². The van der Waals surface area contributed by atoms with Gasteiger partial charge in [-0.15, -0.1) is 0 Å². The number of anilines is 1. The van der Waals surface area contributed by atoms with Crippen molar-refractivity contribution in [1.29, 1.82) is 0 Å². The molecule has 5 heteroatoms. The van der Waals surface area contributed by atoms with E-state index in [1.165, 1.54) is 0 Å². The zero-order chi connectivity index (χ0) is 12.5. The summed E-state index contributed by atoms with van der Waals surface area (Å²) in [5.74, 6) is 0.259. The summed E-state index contributed by atoms with van der Waals surface area (Å²) in [5, 5.41) is 0. The van der Waals surface area contributed by atoms with E-state index in [0.29, 0.717) is 18.7 Å². The molecule has 1 aromatic carbocycles. The molecule has 90 valence electrons. The number of nitrogens with zero attached hydrogens (tertiary/aromatic N) is 3. The highest BCUT2D eigenvalue weighted by atomic mass is 16.2. The zero-order valence-corrected chi connectivity index (χ0v) is 9.71. The fourth-order valence-electron chi connectivity index (χ4n) is 2.08. The number of carbonyl (C=O) groups is 1. The predicted octanol–water partition coefficient (Wildman–Crippen LogP) is 1.21. The first-order valence-corrected chi connectivity index (χ1v) is 5.68. The first-order chi connectivity index (χ1) is 8.74. The maximum absolute atomic E-state index is 12.2. The van der Waals surface area contributed by atoms with Gasteiger partial charge in [0, 0.05) is 23.9 Å². The van der Waals surface area contributed by atoms with Crippen LogP contribution in [0, 0.1) is 0 Å². The lowest BCUT2D eigenvalue weighted by Gasteiger charge is -2.14. The third-order valence-corrected chi connectivity index (χ3v) is 2.98. The molecule has 1 aliphatic rings. The number of nitrogens with two attached hydrogens (primary N) is 1. The van der Waals surface area contributed by atoms with Crippen molar-refractivity contribution >= 4 is 11.9 Å². The van der Waals surface area contributed by atoms with E-state index in [4.69, 9.17) is 5.73 Å². The molecule has 0 bridgehead atoms. The number of carbonyl (C=O) groups excluding carboxylic acids is 1. The van der Waals surface area contributed by atoms with Gasteiger partial charge in [-0.2, -0.15) is 0 Å². The molecular formula is C13H12N4O. The van der Waals surface area contributed by atoms with E-state index in [9.17, 15) is 4.79 Å². The Morgan fingerprint density at radius 1 is 1.22 bits per heavy atom. The minimum atomic E-state index is 0.00664. The van der Waals surface area contributed by atoms with Gasteiger partial charge in [-0.05, 0) is 12.1 Å². The minimum Gasteiger partial charge on any atom is -0.368 e. The standard InChI is InChI=1S/C13H12N4O/c14-13-15-6-10-7-17(8-11(10)16-13)12(18)9-4-2-1-3-5-9/h1-6H,7-8H2,(H2,14,15,16). The Morgan fingerprint density at radius 2 is 2.00 bits per heavy atom. The van der Waals surface area contributed by atoms with Crippen LogP contribution in [0.5, 0.6) is 0 Å². The number of fused-ring (bicyclic) bond motifs is 1. The van der Waals surface area contributed by atoms with Crippen LogP contribution in [0.3, 0.4) is 0 Å². The summed E-state index contributed by atoms with van der Waals surface area (Å²) in [7, 11) is 0. The summed E-state index contributed by atoms with van der Waals surface area (Å²) in [5.41, 5.74) is 8.03. The molecule has 0 unspecified atom stereocenters. The fraction of sp³-hybridized carbons (Fsp3) is 0.154.